The maximum atomic E-state index is 13.5. The van der Waals surface area contributed by atoms with Crippen molar-refractivity contribution in [2.75, 3.05) is 0 Å². The second-order valence-corrected chi connectivity index (χ2v) is 5.05. The Kier molecular flexibility index (Phi) is 4.28. The molecule has 0 heterocycles. The average Bonchev–Trinajstić information content (AvgIpc) is 2.37. The zero-order chi connectivity index (χ0) is 14.7. The van der Waals surface area contributed by atoms with Gasteiger partial charge in [-0.05, 0) is 42.2 Å². The van der Waals surface area contributed by atoms with E-state index in [1.807, 2.05) is 32.0 Å². The summed E-state index contributed by atoms with van der Waals surface area (Å²) in [5, 5.41) is 0. The van der Waals surface area contributed by atoms with E-state index in [0.717, 1.165) is 17.2 Å². The van der Waals surface area contributed by atoms with E-state index in [9.17, 15) is 13.6 Å². The Labute approximate surface area is 117 Å². The van der Waals surface area contributed by atoms with Crippen LogP contribution >= 0.6 is 0 Å². The highest BCUT2D eigenvalue weighted by Crippen LogP contribution is 2.14. The standard InChI is InChI=1S/C17H16F2O/c1-11-3-4-13(7-12(11)2)8-16(20)9-14-5-6-15(18)10-17(14)19/h3-7,10H,8-9H2,1-2H3. The minimum Gasteiger partial charge on any atom is -0.299 e. The Balaban J connectivity index is 2.07. The summed E-state index contributed by atoms with van der Waals surface area (Å²) in [7, 11) is 0. The average molecular weight is 274 g/mol. The number of benzene rings is 2. The van der Waals surface area contributed by atoms with Crippen molar-refractivity contribution < 1.29 is 13.6 Å². The predicted molar refractivity (Wildman–Crippen MR) is 74.7 cm³/mol. The van der Waals surface area contributed by atoms with Crippen LogP contribution in [0.2, 0.25) is 0 Å². The van der Waals surface area contributed by atoms with Crippen molar-refractivity contribution in [2.45, 2.75) is 26.7 Å². The van der Waals surface area contributed by atoms with E-state index in [2.05, 4.69) is 0 Å². The lowest BCUT2D eigenvalue weighted by molar-refractivity contribution is -0.117. The van der Waals surface area contributed by atoms with Gasteiger partial charge in [0.1, 0.15) is 17.4 Å². The molecule has 0 saturated heterocycles. The Morgan fingerprint density at radius 2 is 1.70 bits per heavy atom. The van der Waals surface area contributed by atoms with E-state index >= 15 is 0 Å². The monoisotopic (exact) mass is 274 g/mol. The first kappa shape index (κ1) is 14.4. The van der Waals surface area contributed by atoms with Crippen molar-refractivity contribution in [2.24, 2.45) is 0 Å². The third-order valence-electron chi connectivity index (χ3n) is 3.38. The summed E-state index contributed by atoms with van der Waals surface area (Å²) in [6.07, 6.45) is 0.247. The summed E-state index contributed by atoms with van der Waals surface area (Å²) in [4.78, 5) is 12.0. The third kappa shape index (κ3) is 3.50. The van der Waals surface area contributed by atoms with Crippen LogP contribution < -0.4 is 0 Å². The van der Waals surface area contributed by atoms with E-state index < -0.39 is 11.6 Å². The lowest BCUT2D eigenvalue weighted by Crippen LogP contribution is -2.08. The van der Waals surface area contributed by atoms with Gasteiger partial charge in [-0.25, -0.2) is 8.78 Å². The van der Waals surface area contributed by atoms with Crippen molar-refractivity contribution in [3.8, 4) is 0 Å². The molecule has 2 aromatic carbocycles. The molecule has 3 heteroatoms. The molecule has 20 heavy (non-hydrogen) atoms. The van der Waals surface area contributed by atoms with Crippen LogP contribution in [-0.2, 0) is 17.6 Å². The van der Waals surface area contributed by atoms with Crippen LogP contribution in [0.25, 0.3) is 0 Å². The van der Waals surface area contributed by atoms with Crippen LogP contribution in [0.3, 0.4) is 0 Å². The molecule has 104 valence electrons. The molecule has 2 aromatic rings. The normalized spacial score (nSPS) is 10.6. The van der Waals surface area contributed by atoms with Gasteiger partial charge < -0.3 is 0 Å². The van der Waals surface area contributed by atoms with Crippen molar-refractivity contribution in [3.63, 3.8) is 0 Å². The summed E-state index contributed by atoms with van der Waals surface area (Å²) in [5.74, 6) is -1.38. The van der Waals surface area contributed by atoms with Crippen LogP contribution in [-0.4, -0.2) is 5.78 Å². The number of rotatable bonds is 4. The third-order valence-corrected chi connectivity index (χ3v) is 3.38. The lowest BCUT2D eigenvalue weighted by Gasteiger charge is -2.06. The van der Waals surface area contributed by atoms with Crippen molar-refractivity contribution in [3.05, 3.63) is 70.3 Å². The van der Waals surface area contributed by atoms with Gasteiger partial charge in [0, 0.05) is 18.9 Å². The van der Waals surface area contributed by atoms with Crippen LogP contribution in [0.5, 0.6) is 0 Å². The highest BCUT2D eigenvalue weighted by molar-refractivity contribution is 5.83. The minimum absolute atomic E-state index is 0.0148. The zero-order valence-electron chi connectivity index (χ0n) is 11.5. The lowest BCUT2D eigenvalue weighted by atomic mass is 9.99. The quantitative estimate of drug-likeness (QED) is 0.825. The Hall–Kier alpha value is -2.03. The van der Waals surface area contributed by atoms with Gasteiger partial charge in [0.25, 0.3) is 0 Å². The fourth-order valence-corrected chi connectivity index (χ4v) is 2.08. The van der Waals surface area contributed by atoms with Gasteiger partial charge in [0.15, 0.2) is 0 Å². The number of carbonyl (C=O) groups excluding carboxylic acids is 1. The molecule has 1 nitrogen and oxygen atoms in total. The van der Waals surface area contributed by atoms with Crippen molar-refractivity contribution >= 4 is 5.78 Å². The molecule has 0 spiro atoms. The number of aryl methyl sites for hydroxylation is 2. The number of hydrogen-bond acceptors (Lipinski definition) is 1. The summed E-state index contributed by atoms with van der Waals surface area (Å²) >= 11 is 0. The molecule has 0 fully saturated rings. The molecular formula is C17H16F2O. The van der Waals surface area contributed by atoms with Crippen molar-refractivity contribution in [1.29, 1.82) is 0 Å². The van der Waals surface area contributed by atoms with Crippen LogP contribution in [0.1, 0.15) is 22.3 Å². The topological polar surface area (TPSA) is 17.1 Å². The fraction of sp³-hybridized carbons (Fsp3) is 0.235. The zero-order valence-corrected chi connectivity index (χ0v) is 11.5. The Morgan fingerprint density at radius 3 is 2.35 bits per heavy atom. The molecule has 0 bridgehead atoms. The van der Waals surface area contributed by atoms with E-state index in [1.165, 1.54) is 17.7 Å². The van der Waals surface area contributed by atoms with Gasteiger partial charge in [-0.3, -0.25) is 4.79 Å². The second kappa shape index (κ2) is 5.95. The molecule has 0 amide bonds. The van der Waals surface area contributed by atoms with E-state index in [-0.39, 0.29) is 24.2 Å². The number of halogens is 2. The summed E-state index contributed by atoms with van der Waals surface area (Å²) in [6, 6.07) is 9.13. The highest BCUT2D eigenvalue weighted by Gasteiger charge is 2.10. The van der Waals surface area contributed by atoms with Gasteiger partial charge in [0.05, 0.1) is 0 Å². The second-order valence-electron chi connectivity index (χ2n) is 5.05. The van der Waals surface area contributed by atoms with Crippen LogP contribution in [0.15, 0.2) is 36.4 Å². The molecule has 0 aromatic heterocycles. The number of hydrogen-bond donors (Lipinski definition) is 0. The first-order valence-corrected chi connectivity index (χ1v) is 6.47. The Bertz CT molecular complexity index is 647. The van der Waals surface area contributed by atoms with Crippen LogP contribution in [0.4, 0.5) is 8.78 Å². The van der Waals surface area contributed by atoms with Gasteiger partial charge in [0.2, 0.25) is 0 Å². The molecule has 0 saturated carbocycles. The van der Waals surface area contributed by atoms with Gasteiger partial charge in [-0.1, -0.05) is 24.3 Å². The van der Waals surface area contributed by atoms with E-state index in [4.69, 9.17) is 0 Å². The first-order valence-electron chi connectivity index (χ1n) is 6.47. The molecule has 0 unspecified atom stereocenters. The fourth-order valence-electron chi connectivity index (χ4n) is 2.08. The summed E-state index contributed by atoms with van der Waals surface area (Å²) < 4.78 is 26.3. The summed E-state index contributed by atoms with van der Waals surface area (Å²) in [6.45, 7) is 4.00. The van der Waals surface area contributed by atoms with Crippen molar-refractivity contribution in [1.82, 2.24) is 0 Å². The number of Topliss-reactive ketones (excluding diaryl/α,β-unsaturated/α-hetero) is 1. The van der Waals surface area contributed by atoms with E-state index in [0.29, 0.717) is 0 Å². The van der Waals surface area contributed by atoms with Crippen LogP contribution in [0, 0.1) is 25.5 Å². The first-order chi connectivity index (χ1) is 9.45. The highest BCUT2D eigenvalue weighted by atomic mass is 19.1. The SMILES string of the molecule is Cc1ccc(CC(=O)Cc2ccc(F)cc2F)cc1C. The summed E-state index contributed by atoms with van der Waals surface area (Å²) in [5.41, 5.74) is 3.45. The Morgan fingerprint density at radius 1 is 0.950 bits per heavy atom. The van der Waals surface area contributed by atoms with Gasteiger partial charge in [-0.2, -0.15) is 0 Å². The molecule has 0 aliphatic heterocycles. The molecule has 0 aliphatic carbocycles. The molecule has 2 rings (SSSR count). The number of carbonyl (C=O) groups is 1. The molecule has 0 N–H and O–H groups in total. The maximum Gasteiger partial charge on any atom is 0.141 e. The maximum absolute atomic E-state index is 13.5. The number of ketones is 1. The molecule has 0 atom stereocenters. The molecular weight excluding hydrogens is 258 g/mol. The van der Waals surface area contributed by atoms with Gasteiger partial charge in [-0.15, -0.1) is 0 Å². The minimum atomic E-state index is -0.668. The largest absolute Gasteiger partial charge is 0.299 e. The van der Waals surface area contributed by atoms with E-state index in [1.54, 1.807) is 0 Å². The van der Waals surface area contributed by atoms with Gasteiger partial charge >= 0.3 is 0 Å². The predicted octanol–water partition coefficient (Wildman–Crippen LogP) is 3.94. The molecule has 0 aliphatic rings. The molecule has 0 radical (unpaired) electrons. The smallest absolute Gasteiger partial charge is 0.141 e.